The molecule has 0 aromatic heterocycles. The van der Waals surface area contributed by atoms with Crippen molar-refractivity contribution in [3.8, 4) is 11.1 Å². The van der Waals surface area contributed by atoms with E-state index in [1.165, 1.54) is 43.5 Å². The molecule has 29 heavy (non-hydrogen) atoms. The summed E-state index contributed by atoms with van der Waals surface area (Å²) in [6.07, 6.45) is 2.84. The maximum Gasteiger partial charge on any atom is 0.330 e. The standard InChI is InChI=1S/C24H18F2O3/c1-29-24(28)11-8-16-4-2-5-17(12-16)13-23(27)21-15-19(9-10-22(21)26)18-6-3-7-20(25)14-18/h2-12,14-15H,13H2,1H3/b11-8+. The van der Waals surface area contributed by atoms with Gasteiger partial charge in [-0.1, -0.05) is 42.5 Å². The van der Waals surface area contributed by atoms with E-state index in [-0.39, 0.29) is 12.0 Å². The third-order valence-corrected chi connectivity index (χ3v) is 4.35. The predicted octanol–water partition coefficient (Wildman–Crippen LogP) is 5.24. The van der Waals surface area contributed by atoms with E-state index in [2.05, 4.69) is 4.74 Å². The van der Waals surface area contributed by atoms with Gasteiger partial charge in [0.2, 0.25) is 0 Å². The first kappa shape index (κ1) is 20.1. The van der Waals surface area contributed by atoms with E-state index in [0.29, 0.717) is 16.7 Å². The molecule has 0 aliphatic carbocycles. The highest BCUT2D eigenvalue weighted by molar-refractivity contribution is 5.99. The topological polar surface area (TPSA) is 43.4 Å². The van der Waals surface area contributed by atoms with Crippen molar-refractivity contribution in [2.24, 2.45) is 0 Å². The molecule has 0 fully saturated rings. The van der Waals surface area contributed by atoms with Crippen LogP contribution in [-0.4, -0.2) is 18.9 Å². The number of carbonyl (C=O) groups excluding carboxylic acids is 2. The first-order valence-electron chi connectivity index (χ1n) is 8.90. The Balaban J connectivity index is 1.83. The van der Waals surface area contributed by atoms with Gasteiger partial charge in [0.1, 0.15) is 11.6 Å². The number of hydrogen-bond donors (Lipinski definition) is 0. The Labute approximate surface area is 167 Å². The van der Waals surface area contributed by atoms with Crippen LogP contribution in [0.2, 0.25) is 0 Å². The average Bonchev–Trinajstić information content (AvgIpc) is 2.72. The molecule has 0 amide bonds. The minimum absolute atomic E-state index is 0.0105. The summed E-state index contributed by atoms with van der Waals surface area (Å²) >= 11 is 0. The lowest BCUT2D eigenvalue weighted by molar-refractivity contribution is -0.134. The third-order valence-electron chi connectivity index (χ3n) is 4.35. The summed E-state index contributed by atoms with van der Waals surface area (Å²) in [4.78, 5) is 23.9. The zero-order valence-electron chi connectivity index (χ0n) is 15.7. The second-order valence-electron chi connectivity index (χ2n) is 6.41. The summed E-state index contributed by atoms with van der Waals surface area (Å²) in [5.74, 6) is -1.91. The fourth-order valence-electron chi connectivity index (χ4n) is 2.91. The Morgan fingerprint density at radius 3 is 2.45 bits per heavy atom. The van der Waals surface area contributed by atoms with Gasteiger partial charge in [0.15, 0.2) is 5.78 Å². The number of hydrogen-bond acceptors (Lipinski definition) is 3. The van der Waals surface area contributed by atoms with Crippen LogP contribution in [0.15, 0.2) is 72.8 Å². The average molecular weight is 392 g/mol. The molecular formula is C24H18F2O3. The van der Waals surface area contributed by atoms with Crippen molar-refractivity contribution in [2.45, 2.75) is 6.42 Å². The van der Waals surface area contributed by atoms with Gasteiger partial charge < -0.3 is 4.74 Å². The summed E-state index contributed by atoms with van der Waals surface area (Å²) in [5, 5.41) is 0. The first-order valence-corrected chi connectivity index (χ1v) is 8.90. The van der Waals surface area contributed by atoms with Crippen LogP contribution in [0, 0.1) is 11.6 Å². The largest absolute Gasteiger partial charge is 0.466 e. The molecule has 3 aromatic rings. The number of methoxy groups -OCH3 is 1. The molecule has 0 saturated carbocycles. The Bertz CT molecular complexity index is 1090. The summed E-state index contributed by atoms with van der Waals surface area (Å²) < 4.78 is 32.3. The molecule has 0 N–H and O–H groups in total. The molecule has 3 aromatic carbocycles. The summed E-state index contributed by atoms with van der Waals surface area (Å²) in [5.41, 5.74) is 2.47. The number of ether oxygens (including phenoxy) is 1. The fourth-order valence-corrected chi connectivity index (χ4v) is 2.91. The van der Waals surface area contributed by atoms with Crippen molar-refractivity contribution in [3.05, 3.63) is 101 Å². The van der Waals surface area contributed by atoms with Crippen LogP contribution in [0.1, 0.15) is 21.5 Å². The van der Waals surface area contributed by atoms with Crippen LogP contribution in [0.5, 0.6) is 0 Å². The van der Waals surface area contributed by atoms with E-state index in [1.54, 1.807) is 42.5 Å². The Hall–Kier alpha value is -3.60. The number of benzene rings is 3. The van der Waals surface area contributed by atoms with Gasteiger partial charge in [-0.05, 0) is 52.6 Å². The molecule has 3 rings (SSSR count). The van der Waals surface area contributed by atoms with Gasteiger partial charge in [-0.15, -0.1) is 0 Å². The van der Waals surface area contributed by atoms with Crippen molar-refractivity contribution in [1.29, 1.82) is 0 Å². The van der Waals surface area contributed by atoms with E-state index in [1.807, 2.05) is 0 Å². The summed E-state index contributed by atoms with van der Waals surface area (Å²) in [7, 11) is 1.29. The smallest absolute Gasteiger partial charge is 0.330 e. The van der Waals surface area contributed by atoms with Crippen molar-refractivity contribution in [3.63, 3.8) is 0 Å². The van der Waals surface area contributed by atoms with Crippen LogP contribution < -0.4 is 0 Å². The molecule has 146 valence electrons. The monoisotopic (exact) mass is 392 g/mol. The van der Waals surface area contributed by atoms with E-state index >= 15 is 0 Å². The number of carbonyl (C=O) groups is 2. The quantitative estimate of drug-likeness (QED) is 0.327. The number of halogens is 2. The molecule has 0 atom stereocenters. The number of rotatable bonds is 6. The van der Waals surface area contributed by atoms with Gasteiger partial charge in [0, 0.05) is 12.5 Å². The van der Waals surface area contributed by atoms with E-state index in [4.69, 9.17) is 0 Å². The lowest BCUT2D eigenvalue weighted by Gasteiger charge is -2.08. The van der Waals surface area contributed by atoms with Crippen molar-refractivity contribution in [2.75, 3.05) is 7.11 Å². The Kier molecular flexibility index (Phi) is 6.29. The second-order valence-corrected chi connectivity index (χ2v) is 6.41. The Morgan fingerprint density at radius 1 is 0.931 bits per heavy atom. The zero-order valence-corrected chi connectivity index (χ0v) is 15.7. The number of esters is 1. The van der Waals surface area contributed by atoms with Gasteiger partial charge >= 0.3 is 5.97 Å². The normalized spacial score (nSPS) is 10.9. The predicted molar refractivity (Wildman–Crippen MR) is 107 cm³/mol. The fraction of sp³-hybridized carbons (Fsp3) is 0.0833. The number of Topliss-reactive ketones (excluding diaryl/α,β-unsaturated/α-hetero) is 1. The van der Waals surface area contributed by atoms with Crippen molar-refractivity contribution in [1.82, 2.24) is 0 Å². The first-order chi connectivity index (χ1) is 14.0. The van der Waals surface area contributed by atoms with E-state index < -0.39 is 23.4 Å². The Morgan fingerprint density at radius 2 is 1.69 bits per heavy atom. The van der Waals surface area contributed by atoms with Gasteiger partial charge in [0.25, 0.3) is 0 Å². The molecule has 0 spiro atoms. The van der Waals surface area contributed by atoms with Crippen molar-refractivity contribution >= 4 is 17.8 Å². The lowest BCUT2D eigenvalue weighted by Crippen LogP contribution is -2.06. The molecule has 0 aliphatic heterocycles. The molecule has 0 bridgehead atoms. The van der Waals surface area contributed by atoms with Gasteiger partial charge in [-0.25, -0.2) is 13.6 Å². The SMILES string of the molecule is COC(=O)/C=C/c1cccc(CC(=O)c2cc(-c3cccc(F)c3)ccc2F)c1. The molecule has 0 aliphatic rings. The second kappa shape index (κ2) is 9.06. The third kappa shape index (κ3) is 5.23. The zero-order chi connectivity index (χ0) is 20.8. The molecular weight excluding hydrogens is 374 g/mol. The minimum atomic E-state index is -0.628. The van der Waals surface area contributed by atoms with Crippen LogP contribution in [0.25, 0.3) is 17.2 Å². The molecule has 5 heteroatoms. The molecule has 0 heterocycles. The van der Waals surface area contributed by atoms with Gasteiger partial charge in [-0.3, -0.25) is 4.79 Å². The van der Waals surface area contributed by atoms with Crippen LogP contribution >= 0.6 is 0 Å². The molecule has 3 nitrogen and oxygen atoms in total. The molecule has 0 saturated heterocycles. The van der Waals surface area contributed by atoms with Crippen LogP contribution in [-0.2, 0) is 16.0 Å². The maximum atomic E-state index is 14.3. The minimum Gasteiger partial charge on any atom is -0.466 e. The van der Waals surface area contributed by atoms with E-state index in [0.717, 1.165) is 5.56 Å². The number of ketones is 1. The molecule has 0 radical (unpaired) electrons. The van der Waals surface area contributed by atoms with Gasteiger partial charge in [-0.2, -0.15) is 0 Å². The van der Waals surface area contributed by atoms with Crippen molar-refractivity contribution < 1.29 is 23.1 Å². The lowest BCUT2D eigenvalue weighted by atomic mass is 9.97. The highest BCUT2D eigenvalue weighted by Gasteiger charge is 2.14. The van der Waals surface area contributed by atoms with Gasteiger partial charge in [0.05, 0.1) is 12.7 Å². The summed E-state index contributed by atoms with van der Waals surface area (Å²) in [6.45, 7) is 0. The van der Waals surface area contributed by atoms with Crippen LogP contribution in [0.4, 0.5) is 8.78 Å². The van der Waals surface area contributed by atoms with Crippen LogP contribution in [0.3, 0.4) is 0 Å². The highest BCUT2D eigenvalue weighted by Crippen LogP contribution is 2.24. The highest BCUT2D eigenvalue weighted by atomic mass is 19.1. The summed E-state index contributed by atoms with van der Waals surface area (Å²) in [6, 6.07) is 17.1. The van der Waals surface area contributed by atoms with E-state index in [9.17, 15) is 18.4 Å². The molecule has 0 unspecified atom stereocenters. The maximum absolute atomic E-state index is 14.3.